The van der Waals surface area contributed by atoms with E-state index in [1.807, 2.05) is 45.0 Å². The van der Waals surface area contributed by atoms with Crippen LogP contribution >= 0.6 is 0 Å². The van der Waals surface area contributed by atoms with E-state index in [0.717, 1.165) is 36.9 Å². The molecule has 116 valence electrons. The summed E-state index contributed by atoms with van der Waals surface area (Å²) in [6.07, 6.45) is 2.76. The number of aliphatic hydroxyl groups excluding tert-OH is 1. The lowest BCUT2D eigenvalue weighted by Crippen LogP contribution is -2.38. The van der Waals surface area contributed by atoms with Crippen molar-refractivity contribution in [2.45, 2.75) is 58.2 Å². The van der Waals surface area contributed by atoms with Crippen LogP contribution in [0.5, 0.6) is 0 Å². The summed E-state index contributed by atoms with van der Waals surface area (Å²) in [4.78, 5) is 14.1. The predicted octanol–water partition coefficient (Wildman–Crippen LogP) is 4.04. The molecule has 0 spiro atoms. The number of hydrogen-bond acceptors (Lipinski definition) is 3. The molecule has 1 N–H and O–H groups in total. The highest BCUT2D eigenvalue weighted by molar-refractivity contribution is 5.89. The summed E-state index contributed by atoms with van der Waals surface area (Å²) >= 11 is 0. The van der Waals surface area contributed by atoms with Crippen LogP contribution in [0.25, 0.3) is 0 Å². The van der Waals surface area contributed by atoms with Gasteiger partial charge in [0.2, 0.25) is 0 Å². The van der Waals surface area contributed by atoms with Gasteiger partial charge in [0, 0.05) is 12.1 Å². The van der Waals surface area contributed by atoms with E-state index >= 15 is 0 Å². The number of amides is 1. The molecule has 2 rings (SSSR count). The number of aliphatic hydroxyl groups is 1. The molecule has 0 radical (unpaired) electrons. The molecule has 1 atom stereocenters. The number of fused-ring (bicyclic) bond motifs is 1. The van der Waals surface area contributed by atoms with Crippen LogP contribution in [0.1, 0.15) is 58.1 Å². The second-order valence-electron chi connectivity index (χ2n) is 6.56. The van der Waals surface area contributed by atoms with Gasteiger partial charge < -0.3 is 9.84 Å². The van der Waals surface area contributed by atoms with Crippen molar-refractivity contribution in [1.29, 1.82) is 0 Å². The van der Waals surface area contributed by atoms with Gasteiger partial charge in [-0.1, -0.05) is 31.0 Å². The number of benzene rings is 1. The standard InChI is InChI=1S/C17H25NO3/c1-17(2,3)21-16(20)18-12-8-4-5-11-15(19)13-9-6-7-10-14(13)18/h6-7,9-10,15,19H,4-5,8,11-12H2,1-3H3. The molecule has 0 saturated carbocycles. The summed E-state index contributed by atoms with van der Waals surface area (Å²) < 4.78 is 5.51. The maximum absolute atomic E-state index is 12.5. The Morgan fingerprint density at radius 1 is 1.24 bits per heavy atom. The summed E-state index contributed by atoms with van der Waals surface area (Å²) in [5, 5.41) is 10.3. The van der Waals surface area contributed by atoms with Crippen LogP contribution in [0.2, 0.25) is 0 Å². The lowest BCUT2D eigenvalue weighted by atomic mass is 10.0. The monoisotopic (exact) mass is 291 g/mol. The molecule has 1 aliphatic heterocycles. The number of ether oxygens (including phenoxy) is 1. The molecule has 1 heterocycles. The zero-order valence-electron chi connectivity index (χ0n) is 13.1. The molecule has 4 heteroatoms. The number of para-hydroxylation sites is 1. The van der Waals surface area contributed by atoms with E-state index in [2.05, 4.69) is 0 Å². The predicted molar refractivity (Wildman–Crippen MR) is 83.4 cm³/mol. The van der Waals surface area contributed by atoms with Gasteiger partial charge in [-0.15, -0.1) is 0 Å². The minimum atomic E-state index is -0.525. The zero-order valence-corrected chi connectivity index (χ0v) is 13.1. The summed E-state index contributed by atoms with van der Waals surface area (Å²) in [7, 11) is 0. The maximum Gasteiger partial charge on any atom is 0.414 e. The molecule has 0 fully saturated rings. The first-order chi connectivity index (χ1) is 9.88. The van der Waals surface area contributed by atoms with Crippen molar-refractivity contribution in [1.82, 2.24) is 0 Å². The van der Waals surface area contributed by atoms with Crippen LogP contribution in [-0.4, -0.2) is 23.3 Å². The Balaban J connectivity index is 2.34. The molecule has 1 unspecified atom stereocenters. The number of carbonyl (C=O) groups is 1. The van der Waals surface area contributed by atoms with Gasteiger partial charge in [0.05, 0.1) is 11.8 Å². The summed E-state index contributed by atoms with van der Waals surface area (Å²) in [6.45, 7) is 6.21. The van der Waals surface area contributed by atoms with Gasteiger partial charge in [-0.3, -0.25) is 4.90 Å². The third-order valence-electron chi connectivity index (χ3n) is 3.56. The quantitative estimate of drug-likeness (QED) is 0.785. The van der Waals surface area contributed by atoms with Crippen molar-refractivity contribution in [2.75, 3.05) is 11.4 Å². The number of rotatable bonds is 0. The van der Waals surface area contributed by atoms with Crippen LogP contribution in [0.4, 0.5) is 10.5 Å². The molecule has 1 aromatic carbocycles. The summed E-state index contributed by atoms with van der Waals surface area (Å²) in [5.41, 5.74) is 1.05. The Hall–Kier alpha value is -1.55. The Morgan fingerprint density at radius 3 is 2.67 bits per heavy atom. The van der Waals surface area contributed by atoms with Gasteiger partial charge in [-0.2, -0.15) is 0 Å². The van der Waals surface area contributed by atoms with Crippen molar-refractivity contribution in [3.63, 3.8) is 0 Å². The third kappa shape index (κ3) is 4.21. The minimum Gasteiger partial charge on any atom is -0.443 e. The molecule has 0 aromatic heterocycles. The van der Waals surface area contributed by atoms with E-state index < -0.39 is 11.7 Å². The Bertz CT molecular complexity index is 493. The first-order valence-corrected chi connectivity index (χ1v) is 7.66. The molecular weight excluding hydrogens is 266 g/mol. The van der Waals surface area contributed by atoms with Gasteiger partial charge in [0.25, 0.3) is 0 Å². The lowest BCUT2D eigenvalue weighted by molar-refractivity contribution is 0.0579. The summed E-state index contributed by atoms with van der Waals surface area (Å²) in [5.74, 6) is 0. The van der Waals surface area contributed by atoms with Crippen molar-refractivity contribution >= 4 is 11.8 Å². The normalized spacial score (nSPS) is 20.0. The number of anilines is 1. The smallest absolute Gasteiger partial charge is 0.414 e. The Morgan fingerprint density at radius 2 is 1.95 bits per heavy atom. The van der Waals surface area contributed by atoms with Crippen LogP contribution in [-0.2, 0) is 4.74 Å². The fourth-order valence-electron chi connectivity index (χ4n) is 2.58. The number of hydrogen-bond donors (Lipinski definition) is 1. The second-order valence-corrected chi connectivity index (χ2v) is 6.56. The lowest BCUT2D eigenvalue weighted by Gasteiger charge is -2.29. The fourth-order valence-corrected chi connectivity index (χ4v) is 2.58. The topological polar surface area (TPSA) is 49.8 Å². The van der Waals surface area contributed by atoms with Crippen molar-refractivity contribution < 1.29 is 14.6 Å². The zero-order chi connectivity index (χ0) is 15.5. The Labute approximate surface area is 126 Å². The molecule has 4 nitrogen and oxygen atoms in total. The average molecular weight is 291 g/mol. The van der Waals surface area contributed by atoms with E-state index in [0.29, 0.717) is 6.54 Å². The first-order valence-electron chi connectivity index (χ1n) is 7.66. The van der Waals surface area contributed by atoms with E-state index in [1.165, 1.54) is 0 Å². The van der Waals surface area contributed by atoms with E-state index in [1.54, 1.807) is 4.90 Å². The van der Waals surface area contributed by atoms with Gasteiger partial charge in [-0.25, -0.2) is 4.79 Å². The largest absolute Gasteiger partial charge is 0.443 e. The Kier molecular flexibility index (Phi) is 4.88. The maximum atomic E-state index is 12.5. The number of nitrogens with zero attached hydrogens (tertiary/aromatic N) is 1. The fraction of sp³-hybridized carbons (Fsp3) is 0.588. The van der Waals surface area contributed by atoms with E-state index in [9.17, 15) is 9.90 Å². The van der Waals surface area contributed by atoms with Crippen molar-refractivity contribution in [2.24, 2.45) is 0 Å². The van der Waals surface area contributed by atoms with Gasteiger partial charge in [0.1, 0.15) is 5.60 Å². The van der Waals surface area contributed by atoms with Gasteiger partial charge in [0.15, 0.2) is 0 Å². The molecule has 0 aliphatic carbocycles. The summed E-state index contributed by atoms with van der Waals surface area (Å²) in [6, 6.07) is 7.56. The highest BCUT2D eigenvalue weighted by Crippen LogP contribution is 2.32. The third-order valence-corrected chi connectivity index (χ3v) is 3.56. The van der Waals surface area contributed by atoms with Crippen molar-refractivity contribution in [3.05, 3.63) is 29.8 Å². The average Bonchev–Trinajstić information content (AvgIpc) is 2.47. The SMILES string of the molecule is CC(C)(C)OC(=O)N1CCCCCC(O)c2ccccc21. The van der Waals surface area contributed by atoms with Crippen LogP contribution in [0.3, 0.4) is 0 Å². The first kappa shape index (κ1) is 15.8. The molecule has 1 amide bonds. The second kappa shape index (κ2) is 6.48. The molecule has 1 aromatic rings. The van der Waals surface area contributed by atoms with Crippen LogP contribution < -0.4 is 4.90 Å². The van der Waals surface area contributed by atoms with E-state index in [4.69, 9.17) is 4.74 Å². The van der Waals surface area contributed by atoms with Crippen LogP contribution in [0.15, 0.2) is 24.3 Å². The van der Waals surface area contributed by atoms with Crippen LogP contribution in [0, 0.1) is 0 Å². The van der Waals surface area contributed by atoms with Gasteiger partial charge in [-0.05, 0) is 39.7 Å². The molecule has 21 heavy (non-hydrogen) atoms. The molecule has 0 saturated heterocycles. The number of carbonyl (C=O) groups excluding carboxylic acids is 1. The van der Waals surface area contributed by atoms with Crippen molar-refractivity contribution in [3.8, 4) is 0 Å². The molecular formula is C17H25NO3. The highest BCUT2D eigenvalue weighted by Gasteiger charge is 2.27. The molecule has 1 aliphatic rings. The van der Waals surface area contributed by atoms with Gasteiger partial charge >= 0.3 is 6.09 Å². The minimum absolute atomic E-state index is 0.343. The highest BCUT2D eigenvalue weighted by atomic mass is 16.6. The molecule has 0 bridgehead atoms. The van der Waals surface area contributed by atoms with E-state index in [-0.39, 0.29) is 6.09 Å².